The average molecular weight is 360 g/mol. The summed E-state index contributed by atoms with van der Waals surface area (Å²) in [6, 6.07) is 18.7. The Morgan fingerprint density at radius 2 is 1.54 bits per heavy atom. The van der Waals surface area contributed by atoms with Crippen LogP contribution in [-0.2, 0) is 22.5 Å². The van der Waals surface area contributed by atoms with E-state index in [0.29, 0.717) is 0 Å². The minimum Gasteiger partial charge on any atom is -0.394 e. The van der Waals surface area contributed by atoms with Crippen molar-refractivity contribution >= 4 is 0 Å². The molecule has 4 N–H and O–H groups in total. The smallest absolute Gasteiger partial charge is 0.202 e. The van der Waals surface area contributed by atoms with Crippen molar-refractivity contribution in [2.24, 2.45) is 0 Å². The molecule has 3 rings (SSSR count). The zero-order valence-electron chi connectivity index (χ0n) is 14.3. The molecule has 2 aromatic carbocycles. The van der Waals surface area contributed by atoms with E-state index in [2.05, 4.69) is 0 Å². The third-order valence-corrected chi connectivity index (χ3v) is 4.63. The molecule has 0 aliphatic carbocycles. The SMILES string of the molecule is OC[C@@H](O)[C@@H]1OC(Cc2ccccc2)(OCc2ccccc2)[C@@H](O)[C@@H]1O. The molecule has 1 saturated heterocycles. The highest BCUT2D eigenvalue weighted by Gasteiger charge is 2.57. The molecule has 5 atom stereocenters. The number of ether oxygens (including phenoxy) is 2. The summed E-state index contributed by atoms with van der Waals surface area (Å²) >= 11 is 0. The molecule has 6 nitrogen and oxygen atoms in total. The summed E-state index contributed by atoms with van der Waals surface area (Å²) in [5.74, 6) is -1.53. The predicted molar refractivity (Wildman–Crippen MR) is 94.1 cm³/mol. The van der Waals surface area contributed by atoms with E-state index >= 15 is 0 Å². The van der Waals surface area contributed by atoms with Gasteiger partial charge in [-0.15, -0.1) is 0 Å². The Bertz CT molecular complexity index is 679. The number of rotatable bonds is 7. The molecule has 0 saturated carbocycles. The van der Waals surface area contributed by atoms with Crippen LogP contribution in [0.5, 0.6) is 0 Å². The van der Waals surface area contributed by atoms with E-state index in [1.807, 2.05) is 60.7 Å². The van der Waals surface area contributed by atoms with Gasteiger partial charge < -0.3 is 29.9 Å². The van der Waals surface area contributed by atoms with Gasteiger partial charge in [-0.3, -0.25) is 0 Å². The lowest BCUT2D eigenvalue weighted by Gasteiger charge is -2.32. The van der Waals surface area contributed by atoms with E-state index in [4.69, 9.17) is 9.47 Å². The lowest BCUT2D eigenvalue weighted by Crippen LogP contribution is -2.47. The van der Waals surface area contributed by atoms with Crippen LogP contribution in [0.3, 0.4) is 0 Å². The Morgan fingerprint density at radius 1 is 0.962 bits per heavy atom. The van der Waals surface area contributed by atoms with E-state index in [0.717, 1.165) is 11.1 Å². The number of aliphatic hydroxyl groups excluding tert-OH is 4. The van der Waals surface area contributed by atoms with Gasteiger partial charge in [0.05, 0.1) is 13.2 Å². The van der Waals surface area contributed by atoms with Gasteiger partial charge in [0.25, 0.3) is 0 Å². The van der Waals surface area contributed by atoms with E-state index in [1.54, 1.807) is 0 Å². The van der Waals surface area contributed by atoms with E-state index < -0.39 is 36.8 Å². The fourth-order valence-corrected chi connectivity index (χ4v) is 3.20. The van der Waals surface area contributed by atoms with Crippen molar-refractivity contribution < 1.29 is 29.9 Å². The summed E-state index contributed by atoms with van der Waals surface area (Å²) in [7, 11) is 0. The van der Waals surface area contributed by atoms with Crippen LogP contribution in [0.2, 0.25) is 0 Å². The van der Waals surface area contributed by atoms with Crippen molar-refractivity contribution in [2.45, 2.75) is 43.2 Å². The van der Waals surface area contributed by atoms with Crippen LogP contribution in [0, 0.1) is 0 Å². The van der Waals surface area contributed by atoms with Crippen LogP contribution in [-0.4, -0.2) is 57.2 Å². The van der Waals surface area contributed by atoms with Gasteiger partial charge in [0.2, 0.25) is 5.79 Å². The first kappa shape index (κ1) is 19.0. The zero-order chi connectivity index (χ0) is 18.6. The van der Waals surface area contributed by atoms with Crippen LogP contribution in [0.15, 0.2) is 60.7 Å². The summed E-state index contributed by atoms with van der Waals surface area (Å²) in [5, 5.41) is 40.1. The average Bonchev–Trinajstić information content (AvgIpc) is 2.93. The fraction of sp³-hybridized carbons (Fsp3) is 0.400. The van der Waals surface area contributed by atoms with Crippen LogP contribution >= 0.6 is 0 Å². The largest absolute Gasteiger partial charge is 0.394 e. The molecule has 1 aliphatic rings. The predicted octanol–water partition coefficient (Wildman–Crippen LogP) is 0.616. The summed E-state index contributed by atoms with van der Waals surface area (Å²) in [6.45, 7) is -0.423. The highest BCUT2D eigenvalue weighted by molar-refractivity contribution is 5.19. The Balaban J connectivity index is 1.86. The van der Waals surface area contributed by atoms with Crippen LogP contribution in [0.1, 0.15) is 11.1 Å². The van der Waals surface area contributed by atoms with Crippen molar-refractivity contribution in [2.75, 3.05) is 6.61 Å². The Labute approximate surface area is 152 Å². The molecule has 1 aliphatic heterocycles. The normalized spacial score (nSPS) is 29.6. The van der Waals surface area contributed by atoms with Gasteiger partial charge >= 0.3 is 0 Å². The number of hydrogen-bond acceptors (Lipinski definition) is 6. The molecular formula is C20H24O6. The third-order valence-electron chi connectivity index (χ3n) is 4.63. The van der Waals surface area contributed by atoms with Gasteiger partial charge in [-0.2, -0.15) is 0 Å². The first-order valence-electron chi connectivity index (χ1n) is 8.60. The number of benzene rings is 2. The van der Waals surface area contributed by atoms with E-state index in [1.165, 1.54) is 0 Å². The maximum atomic E-state index is 10.7. The third kappa shape index (κ3) is 3.96. The Hall–Kier alpha value is -1.80. The zero-order valence-corrected chi connectivity index (χ0v) is 14.3. The first-order chi connectivity index (χ1) is 12.6. The van der Waals surface area contributed by atoms with Crippen molar-refractivity contribution in [3.05, 3.63) is 71.8 Å². The molecule has 0 bridgehead atoms. The van der Waals surface area contributed by atoms with Crippen molar-refractivity contribution in [3.8, 4) is 0 Å². The molecule has 0 amide bonds. The molecule has 1 heterocycles. The molecule has 0 aromatic heterocycles. The maximum absolute atomic E-state index is 10.7. The van der Waals surface area contributed by atoms with Gasteiger partial charge in [0, 0.05) is 6.42 Å². The van der Waals surface area contributed by atoms with Gasteiger partial charge in [-0.1, -0.05) is 60.7 Å². The summed E-state index contributed by atoms with van der Waals surface area (Å²) in [4.78, 5) is 0. The second-order valence-electron chi connectivity index (χ2n) is 6.52. The lowest BCUT2D eigenvalue weighted by atomic mass is 9.96. The molecule has 2 aromatic rings. The molecule has 6 heteroatoms. The van der Waals surface area contributed by atoms with E-state index in [9.17, 15) is 20.4 Å². The van der Waals surface area contributed by atoms with Crippen molar-refractivity contribution in [1.29, 1.82) is 0 Å². The number of hydrogen-bond donors (Lipinski definition) is 4. The standard InChI is InChI=1S/C20H24O6/c21-12-16(22)18-17(23)19(24)20(26-18,11-14-7-3-1-4-8-14)25-13-15-9-5-2-6-10-15/h1-10,16-19,21-24H,11-13H2/t16-,17-,18+,19+,20?/m1/s1. The highest BCUT2D eigenvalue weighted by Crippen LogP contribution is 2.37. The molecular weight excluding hydrogens is 336 g/mol. The molecule has 0 spiro atoms. The Kier molecular flexibility index (Phi) is 6.03. The Morgan fingerprint density at radius 3 is 2.12 bits per heavy atom. The van der Waals surface area contributed by atoms with Gasteiger partial charge in [0.15, 0.2) is 0 Å². The molecule has 140 valence electrons. The topological polar surface area (TPSA) is 99.4 Å². The van der Waals surface area contributed by atoms with Gasteiger partial charge in [0.1, 0.15) is 24.4 Å². The fourth-order valence-electron chi connectivity index (χ4n) is 3.20. The minimum atomic E-state index is -1.53. The molecule has 26 heavy (non-hydrogen) atoms. The van der Waals surface area contributed by atoms with Gasteiger partial charge in [-0.25, -0.2) is 0 Å². The van der Waals surface area contributed by atoms with E-state index in [-0.39, 0.29) is 13.0 Å². The van der Waals surface area contributed by atoms with Crippen molar-refractivity contribution in [1.82, 2.24) is 0 Å². The summed E-state index contributed by atoms with van der Waals surface area (Å²) in [5.41, 5.74) is 1.74. The second kappa shape index (κ2) is 8.26. The second-order valence-corrected chi connectivity index (χ2v) is 6.52. The molecule has 1 fully saturated rings. The monoisotopic (exact) mass is 360 g/mol. The highest BCUT2D eigenvalue weighted by atomic mass is 16.7. The summed E-state index contributed by atoms with van der Waals surface area (Å²) < 4.78 is 11.8. The van der Waals surface area contributed by atoms with Gasteiger partial charge in [-0.05, 0) is 11.1 Å². The number of aliphatic hydroxyl groups is 4. The molecule has 0 radical (unpaired) electrons. The van der Waals surface area contributed by atoms with Crippen LogP contribution < -0.4 is 0 Å². The lowest BCUT2D eigenvalue weighted by molar-refractivity contribution is -0.271. The molecule has 1 unspecified atom stereocenters. The van der Waals surface area contributed by atoms with Crippen molar-refractivity contribution in [3.63, 3.8) is 0 Å². The minimum absolute atomic E-state index is 0.166. The maximum Gasteiger partial charge on any atom is 0.202 e. The summed E-state index contributed by atoms with van der Waals surface area (Å²) in [6.07, 6.45) is -5.03. The van der Waals surface area contributed by atoms with Crippen LogP contribution in [0.25, 0.3) is 0 Å². The van der Waals surface area contributed by atoms with Crippen LogP contribution in [0.4, 0.5) is 0 Å². The quantitative estimate of drug-likeness (QED) is 0.578. The first-order valence-corrected chi connectivity index (χ1v) is 8.60.